The highest BCUT2D eigenvalue weighted by Crippen LogP contribution is 2.33. The molecule has 148 valence electrons. The summed E-state index contributed by atoms with van der Waals surface area (Å²) >= 11 is 0. The van der Waals surface area contributed by atoms with Gasteiger partial charge in [-0.15, -0.1) is 0 Å². The van der Waals surface area contributed by atoms with E-state index in [-0.39, 0.29) is 11.3 Å². The number of carbonyl (C=O) groups excluding carboxylic acids is 1. The number of nitrogens with one attached hydrogen (secondary N) is 1. The number of rotatable bonds is 6. The number of aliphatic carboxylic acids is 1. The number of carboxylic acids is 1. The van der Waals surface area contributed by atoms with Gasteiger partial charge in [0.05, 0.1) is 10.8 Å². The van der Waals surface area contributed by atoms with E-state index in [9.17, 15) is 19.7 Å². The molecule has 4 atom stereocenters. The standard InChI is InChI=1S/C19H27N3O5/c1-11-7-12(2)10-21(9-11)16-6-5-15(8-17(16)22(26)27)18(23)20-14(4)13(3)19(24)25/h5-6,8,11-14H,7,9-10H2,1-4H3,(H,20,23)(H,24,25). The number of amides is 1. The average molecular weight is 377 g/mol. The fraction of sp³-hybridized carbons (Fsp3) is 0.579. The first-order valence-electron chi connectivity index (χ1n) is 9.17. The molecule has 2 N–H and O–H groups in total. The van der Waals surface area contributed by atoms with E-state index in [1.54, 1.807) is 19.1 Å². The van der Waals surface area contributed by atoms with E-state index in [0.29, 0.717) is 17.5 Å². The molecule has 0 bridgehead atoms. The third kappa shape index (κ3) is 4.96. The number of hydrogen-bond acceptors (Lipinski definition) is 5. The van der Waals surface area contributed by atoms with Gasteiger partial charge in [-0.1, -0.05) is 13.8 Å². The predicted molar refractivity (Wildman–Crippen MR) is 102 cm³/mol. The Kier molecular flexibility index (Phi) is 6.41. The normalized spacial score (nSPS) is 22.0. The molecule has 1 amide bonds. The zero-order chi connectivity index (χ0) is 20.3. The molecule has 4 unspecified atom stereocenters. The van der Waals surface area contributed by atoms with Crippen LogP contribution in [0.5, 0.6) is 0 Å². The number of nitro groups is 1. The van der Waals surface area contributed by atoms with Crippen molar-refractivity contribution in [3.8, 4) is 0 Å². The van der Waals surface area contributed by atoms with Gasteiger partial charge >= 0.3 is 5.97 Å². The lowest BCUT2D eigenvalue weighted by Gasteiger charge is -2.36. The van der Waals surface area contributed by atoms with Gasteiger partial charge in [-0.3, -0.25) is 19.7 Å². The number of nitrogens with zero attached hydrogens (tertiary/aromatic N) is 2. The van der Waals surface area contributed by atoms with Crippen LogP contribution < -0.4 is 10.2 Å². The van der Waals surface area contributed by atoms with Crippen molar-refractivity contribution in [1.29, 1.82) is 0 Å². The number of anilines is 1. The highest BCUT2D eigenvalue weighted by atomic mass is 16.6. The molecule has 0 saturated carbocycles. The lowest BCUT2D eigenvalue weighted by molar-refractivity contribution is -0.384. The number of piperidine rings is 1. The van der Waals surface area contributed by atoms with E-state index < -0.39 is 28.8 Å². The van der Waals surface area contributed by atoms with Crippen LogP contribution in [0.4, 0.5) is 11.4 Å². The molecule has 8 heteroatoms. The third-order valence-corrected chi connectivity index (χ3v) is 5.14. The average Bonchev–Trinajstić information content (AvgIpc) is 2.59. The number of hydrogen-bond donors (Lipinski definition) is 2. The van der Waals surface area contributed by atoms with Crippen LogP contribution in [0.1, 0.15) is 44.5 Å². The maximum Gasteiger partial charge on any atom is 0.308 e. The Labute approximate surface area is 158 Å². The van der Waals surface area contributed by atoms with Crippen molar-refractivity contribution in [1.82, 2.24) is 5.32 Å². The molecule has 1 heterocycles. The van der Waals surface area contributed by atoms with Gasteiger partial charge in [0.2, 0.25) is 0 Å². The van der Waals surface area contributed by atoms with E-state index in [0.717, 1.165) is 19.5 Å². The maximum atomic E-state index is 12.4. The molecule has 8 nitrogen and oxygen atoms in total. The quantitative estimate of drug-likeness (QED) is 0.582. The second-order valence-electron chi connectivity index (χ2n) is 7.70. The molecule has 0 aromatic heterocycles. The van der Waals surface area contributed by atoms with Crippen LogP contribution in [0.2, 0.25) is 0 Å². The maximum absolute atomic E-state index is 12.4. The molecule has 1 saturated heterocycles. The first-order valence-corrected chi connectivity index (χ1v) is 9.17. The van der Waals surface area contributed by atoms with Gasteiger partial charge < -0.3 is 15.3 Å². The van der Waals surface area contributed by atoms with Crippen molar-refractivity contribution in [3.63, 3.8) is 0 Å². The monoisotopic (exact) mass is 377 g/mol. The number of carboxylic acid groups (broad SMARTS) is 1. The SMILES string of the molecule is CC1CC(C)CN(c2ccc(C(=O)NC(C)C(C)C(=O)O)cc2[N+](=O)[O-])C1. The van der Waals surface area contributed by atoms with Gasteiger partial charge in [0.1, 0.15) is 5.69 Å². The first-order chi connectivity index (χ1) is 12.6. The topological polar surface area (TPSA) is 113 Å². The zero-order valence-corrected chi connectivity index (χ0v) is 16.1. The Morgan fingerprint density at radius 1 is 1.26 bits per heavy atom. The second-order valence-corrected chi connectivity index (χ2v) is 7.70. The van der Waals surface area contributed by atoms with Gasteiger partial charge in [-0.2, -0.15) is 0 Å². The van der Waals surface area contributed by atoms with Gasteiger partial charge in [-0.25, -0.2) is 0 Å². The summed E-state index contributed by atoms with van der Waals surface area (Å²) in [5.74, 6) is -1.42. The summed E-state index contributed by atoms with van der Waals surface area (Å²) in [6.45, 7) is 8.82. The molecule has 1 aliphatic heterocycles. The van der Waals surface area contributed by atoms with Crippen molar-refractivity contribution < 1.29 is 19.6 Å². The molecule has 0 aliphatic carbocycles. The second kappa shape index (κ2) is 8.37. The Bertz CT molecular complexity index is 726. The van der Waals surface area contributed by atoms with Crippen molar-refractivity contribution in [2.75, 3.05) is 18.0 Å². The minimum Gasteiger partial charge on any atom is -0.481 e. The van der Waals surface area contributed by atoms with Gasteiger partial charge in [0.25, 0.3) is 11.6 Å². The van der Waals surface area contributed by atoms with E-state index in [1.165, 1.54) is 13.0 Å². The van der Waals surface area contributed by atoms with E-state index in [4.69, 9.17) is 5.11 Å². The van der Waals surface area contributed by atoms with Gasteiger partial charge in [0.15, 0.2) is 0 Å². The van der Waals surface area contributed by atoms with Crippen LogP contribution in [-0.2, 0) is 4.79 Å². The molecule has 0 radical (unpaired) electrons. The summed E-state index contributed by atoms with van der Waals surface area (Å²) in [5, 5.41) is 23.2. The lowest BCUT2D eigenvalue weighted by atomic mass is 9.91. The largest absolute Gasteiger partial charge is 0.481 e. The molecule has 1 aliphatic rings. The number of benzene rings is 1. The summed E-state index contributed by atoms with van der Waals surface area (Å²) in [6.07, 6.45) is 1.09. The fourth-order valence-electron chi connectivity index (χ4n) is 3.57. The Morgan fingerprint density at radius 2 is 1.85 bits per heavy atom. The molecule has 1 fully saturated rings. The van der Waals surface area contributed by atoms with Crippen molar-refractivity contribution in [3.05, 3.63) is 33.9 Å². The zero-order valence-electron chi connectivity index (χ0n) is 16.1. The number of carbonyl (C=O) groups is 2. The third-order valence-electron chi connectivity index (χ3n) is 5.14. The van der Waals surface area contributed by atoms with E-state index >= 15 is 0 Å². The smallest absolute Gasteiger partial charge is 0.308 e. The highest BCUT2D eigenvalue weighted by molar-refractivity contribution is 5.96. The Balaban J connectivity index is 2.25. The Morgan fingerprint density at radius 3 is 2.37 bits per heavy atom. The van der Waals surface area contributed by atoms with Gasteiger partial charge in [-0.05, 0) is 44.2 Å². The number of nitro benzene ring substituents is 1. The van der Waals surface area contributed by atoms with E-state index in [2.05, 4.69) is 19.2 Å². The van der Waals surface area contributed by atoms with Gasteiger partial charge in [0, 0.05) is 30.8 Å². The molecular formula is C19H27N3O5. The van der Waals surface area contributed by atoms with Crippen LogP contribution in [-0.4, -0.2) is 41.0 Å². The van der Waals surface area contributed by atoms with Crippen LogP contribution in [0.15, 0.2) is 18.2 Å². The summed E-state index contributed by atoms with van der Waals surface area (Å²) in [6, 6.07) is 3.84. The summed E-state index contributed by atoms with van der Waals surface area (Å²) in [4.78, 5) is 36.6. The molecule has 1 aromatic rings. The minimum absolute atomic E-state index is 0.108. The predicted octanol–water partition coefficient (Wildman–Crippen LogP) is 2.92. The summed E-state index contributed by atoms with van der Waals surface area (Å²) in [7, 11) is 0. The summed E-state index contributed by atoms with van der Waals surface area (Å²) < 4.78 is 0. The molecule has 1 aromatic carbocycles. The van der Waals surface area contributed by atoms with Crippen molar-refractivity contribution in [2.45, 2.75) is 40.2 Å². The molecule has 2 rings (SSSR count). The van der Waals surface area contributed by atoms with Crippen LogP contribution in [0.25, 0.3) is 0 Å². The molecule has 27 heavy (non-hydrogen) atoms. The van der Waals surface area contributed by atoms with Crippen molar-refractivity contribution >= 4 is 23.3 Å². The highest BCUT2D eigenvalue weighted by Gasteiger charge is 2.28. The first kappa shape index (κ1) is 20.7. The van der Waals surface area contributed by atoms with Crippen LogP contribution in [0.3, 0.4) is 0 Å². The van der Waals surface area contributed by atoms with Crippen LogP contribution >= 0.6 is 0 Å². The molecular weight excluding hydrogens is 350 g/mol. The van der Waals surface area contributed by atoms with Crippen molar-refractivity contribution in [2.24, 2.45) is 17.8 Å². The fourth-order valence-corrected chi connectivity index (χ4v) is 3.57. The minimum atomic E-state index is -1.02. The molecule has 0 spiro atoms. The van der Waals surface area contributed by atoms with E-state index in [1.807, 2.05) is 4.90 Å². The lowest BCUT2D eigenvalue weighted by Crippen LogP contribution is -2.40. The van der Waals surface area contributed by atoms with Crippen LogP contribution in [0, 0.1) is 27.9 Å². The summed E-state index contributed by atoms with van der Waals surface area (Å²) in [5.41, 5.74) is 0.554. The Hall–Kier alpha value is -2.64.